The Balaban J connectivity index is 1.83. The van der Waals surface area contributed by atoms with Crippen LogP contribution < -0.4 is 54.0 Å². The number of para-hydroxylation sites is 1. The predicted octanol–water partition coefficient (Wildman–Crippen LogP) is 3.96. The van der Waals surface area contributed by atoms with Crippen molar-refractivity contribution in [3.63, 3.8) is 0 Å². The highest BCUT2D eigenvalue weighted by atomic mass is 16.2. The zero-order valence-electron chi connectivity index (χ0n) is 35.2. The SMILES string of the molecule is CC(=O)CC[C@H](CCCCN)NC(=O)NC[C@@H](NC(=O)NC[C@@H](NC(=O)NC[C@H](CCCCN)NC(=O)NC[C@@H](C)Cc1c[nH]c2ccccc12)C(C)C)C(C)C. The van der Waals surface area contributed by atoms with Crippen molar-refractivity contribution < 1.29 is 24.0 Å². The third-order valence-electron chi connectivity index (χ3n) is 10.1. The number of unbranched alkanes of at least 4 members (excludes halogenated alkanes) is 2. The van der Waals surface area contributed by atoms with Gasteiger partial charge in [0.1, 0.15) is 5.78 Å². The number of Topliss-reactive ketones (excluding diaryl/α,β-unsaturated/α-hetero) is 1. The lowest BCUT2D eigenvalue weighted by atomic mass is 10.0. The first-order valence-corrected chi connectivity index (χ1v) is 20.8. The number of rotatable bonds is 27. The van der Waals surface area contributed by atoms with Crippen molar-refractivity contribution in [2.45, 2.75) is 123 Å². The summed E-state index contributed by atoms with van der Waals surface area (Å²) in [7, 11) is 0. The quantitative estimate of drug-likeness (QED) is 0.0593. The molecule has 0 saturated carbocycles. The summed E-state index contributed by atoms with van der Waals surface area (Å²) in [6.07, 6.45) is 8.45. The Hall–Kier alpha value is -4.57. The molecule has 0 aliphatic rings. The van der Waals surface area contributed by atoms with Gasteiger partial charge in [0.15, 0.2) is 0 Å². The van der Waals surface area contributed by atoms with E-state index < -0.39 is 12.1 Å². The first-order chi connectivity index (χ1) is 27.2. The number of carbonyl (C=O) groups is 5. The summed E-state index contributed by atoms with van der Waals surface area (Å²) in [5.41, 5.74) is 13.6. The minimum absolute atomic E-state index is 0.00129. The third kappa shape index (κ3) is 20.4. The molecule has 0 fully saturated rings. The van der Waals surface area contributed by atoms with Gasteiger partial charge in [0, 0.05) is 61.8 Å². The van der Waals surface area contributed by atoms with Crippen molar-refractivity contribution in [2.75, 3.05) is 39.3 Å². The van der Waals surface area contributed by atoms with E-state index >= 15 is 0 Å². The molecular formula is C41H73N11O5. The second-order valence-electron chi connectivity index (χ2n) is 16.0. The maximum atomic E-state index is 13.1. The molecule has 0 aliphatic heterocycles. The van der Waals surface area contributed by atoms with E-state index in [9.17, 15) is 24.0 Å². The van der Waals surface area contributed by atoms with Crippen molar-refractivity contribution in [1.82, 2.24) is 47.5 Å². The summed E-state index contributed by atoms with van der Waals surface area (Å²) in [5, 5.41) is 24.6. The summed E-state index contributed by atoms with van der Waals surface area (Å²) < 4.78 is 0. The fourth-order valence-electron chi connectivity index (χ4n) is 6.42. The van der Waals surface area contributed by atoms with Gasteiger partial charge in [-0.15, -0.1) is 0 Å². The van der Waals surface area contributed by atoms with E-state index in [2.05, 4.69) is 60.5 Å². The first-order valence-electron chi connectivity index (χ1n) is 20.8. The Morgan fingerprint density at radius 3 is 1.65 bits per heavy atom. The van der Waals surface area contributed by atoms with Crippen molar-refractivity contribution in [1.29, 1.82) is 0 Å². The molecule has 16 nitrogen and oxygen atoms in total. The molecule has 0 bridgehead atoms. The van der Waals surface area contributed by atoms with Gasteiger partial charge in [-0.05, 0) is 87.9 Å². The molecule has 0 aliphatic carbocycles. The van der Waals surface area contributed by atoms with Crippen LogP contribution in [0, 0.1) is 17.8 Å². The van der Waals surface area contributed by atoms with E-state index in [0.29, 0.717) is 38.9 Å². The van der Waals surface area contributed by atoms with E-state index in [-0.39, 0.29) is 79.4 Å². The van der Waals surface area contributed by atoms with Crippen LogP contribution in [0.25, 0.3) is 10.9 Å². The highest BCUT2D eigenvalue weighted by Crippen LogP contribution is 2.20. The lowest BCUT2D eigenvalue weighted by Gasteiger charge is -2.27. The van der Waals surface area contributed by atoms with E-state index in [1.165, 1.54) is 17.9 Å². The molecule has 2 rings (SSSR count). The van der Waals surface area contributed by atoms with Gasteiger partial charge >= 0.3 is 24.1 Å². The van der Waals surface area contributed by atoms with Crippen molar-refractivity contribution in [2.24, 2.45) is 29.2 Å². The molecule has 16 heteroatoms. The number of aromatic amines is 1. The van der Waals surface area contributed by atoms with E-state index in [1.807, 2.05) is 52.1 Å². The molecule has 1 heterocycles. The van der Waals surface area contributed by atoms with Crippen molar-refractivity contribution in [3.8, 4) is 0 Å². The number of carbonyl (C=O) groups excluding carboxylic acids is 5. The molecule has 2 aromatic rings. The van der Waals surface area contributed by atoms with Crippen LogP contribution in [0.2, 0.25) is 0 Å². The Kier molecular flexibility index (Phi) is 23.1. The predicted molar refractivity (Wildman–Crippen MR) is 228 cm³/mol. The molecule has 1 aromatic heterocycles. The molecule has 0 saturated heterocycles. The lowest BCUT2D eigenvalue weighted by molar-refractivity contribution is -0.117. The number of nitrogens with one attached hydrogen (secondary N) is 9. The number of aromatic nitrogens is 1. The van der Waals surface area contributed by atoms with Gasteiger partial charge in [-0.25, -0.2) is 19.2 Å². The molecule has 0 spiro atoms. The zero-order valence-corrected chi connectivity index (χ0v) is 35.2. The number of hydrogen-bond donors (Lipinski definition) is 11. The molecule has 1 aromatic carbocycles. The number of H-pyrrole nitrogens is 1. The number of benzene rings is 1. The summed E-state index contributed by atoms with van der Waals surface area (Å²) in [6, 6.07) is 5.49. The van der Waals surface area contributed by atoms with Gasteiger partial charge in [0.25, 0.3) is 0 Å². The summed E-state index contributed by atoms with van der Waals surface area (Å²) in [6.45, 7) is 13.6. The maximum absolute atomic E-state index is 13.1. The van der Waals surface area contributed by atoms with Gasteiger partial charge in [-0.1, -0.05) is 65.7 Å². The Morgan fingerprint density at radius 1 is 0.614 bits per heavy atom. The summed E-state index contributed by atoms with van der Waals surface area (Å²) in [4.78, 5) is 66.5. The number of ketones is 1. The third-order valence-corrected chi connectivity index (χ3v) is 10.1. The first kappa shape index (κ1) is 48.6. The number of hydrogen-bond acceptors (Lipinski definition) is 7. The van der Waals surface area contributed by atoms with Gasteiger partial charge in [-0.3, -0.25) is 0 Å². The van der Waals surface area contributed by atoms with Crippen LogP contribution in [0.1, 0.15) is 98.5 Å². The Labute approximate surface area is 339 Å². The van der Waals surface area contributed by atoms with Crippen molar-refractivity contribution in [3.05, 3.63) is 36.0 Å². The molecule has 322 valence electrons. The largest absolute Gasteiger partial charge is 0.361 e. The van der Waals surface area contributed by atoms with Crippen molar-refractivity contribution >= 4 is 40.8 Å². The minimum atomic E-state index is -0.421. The van der Waals surface area contributed by atoms with Crippen LogP contribution in [0.15, 0.2) is 30.5 Å². The van der Waals surface area contributed by atoms with Gasteiger partial charge in [-0.2, -0.15) is 0 Å². The fraction of sp³-hybridized carbons (Fsp3) is 0.683. The number of amides is 8. The highest BCUT2D eigenvalue weighted by molar-refractivity contribution is 5.83. The maximum Gasteiger partial charge on any atom is 0.315 e. The van der Waals surface area contributed by atoms with Crippen LogP contribution >= 0.6 is 0 Å². The molecule has 5 atom stereocenters. The number of nitrogens with two attached hydrogens (primary N) is 2. The normalized spacial score (nSPS) is 13.9. The lowest BCUT2D eigenvalue weighted by Crippen LogP contribution is -2.56. The molecule has 57 heavy (non-hydrogen) atoms. The highest BCUT2D eigenvalue weighted by Gasteiger charge is 2.22. The zero-order chi connectivity index (χ0) is 42.2. The molecule has 0 unspecified atom stereocenters. The standard InChI is InChI=1S/C41H73N11O5/c1-27(2)36(25-47-39(55)49-32(13-9-11-19-42)18-17-30(6)53)52-41(57)48-26-37(28(3)4)51-40(56)46-24-33(14-10-12-20-43)50-38(54)45-22-29(5)21-31-23-44-35-16-8-7-15-34(31)35/h7-8,15-16,23,27-29,32-33,36-37,44H,9-14,17-22,24-26,42-43H2,1-6H3,(H2,45,50,54)(H2,46,51,56)(H2,47,49,55)(H2,48,52,57)/t29-,32-,33-,36+,37+/m0/s1. The van der Waals surface area contributed by atoms with Crippen LogP contribution in [0.5, 0.6) is 0 Å². The van der Waals surface area contributed by atoms with Crippen LogP contribution in [-0.4, -0.2) is 98.3 Å². The van der Waals surface area contributed by atoms with Crippen LogP contribution in [0.3, 0.4) is 0 Å². The second-order valence-corrected chi connectivity index (χ2v) is 16.0. The molecular weight excluding hydrogens is 727 g/mol. The summed E-state index contributed by atoms with van der Waals surface area (Å²) in [5.74, 6) is 0.291. The molecule has 0 radical (unpaired) electrons. The second kappa shape index (κ2) is 27.1. The van der Waals surface area contributed by atoms with Gasteiger partial charge < -0.3 is 63.8 Å². The molecule has 8 amide bonds. The van der Waals surface area contributed by atoms with E-state index in [1.54, 1.807) is 0 Å². The van der Waals surface area contributed by atoms with Gasteiger partial charge in [0.05, 0.1) is 12.1 Å². The average Bonchev–Trinajstić information content (AvgIpc) is 3.57. The summed E-state index contributed by atoms with van der Waals surface area (Å²) >= 11 is 0. The van der Waals surface area contributed by atoms with Crippen LogP contribution in [0.4, 0.5) is 19.2 Å². The Bertz CT molecular complexity index is 1500. The molecule has 13 N–H and O–H groups in total. The monoisotopic (exact) mass is 800 g/mol. The topological polar surface area (TPSA) is 249 Å². The smallest absolute Gasteiger partial charge is 0.315 e. The van der Waals surface area contributed by atoms with E-state index in [0.717, 1.165) is 44.0 Å². The number of fused-ring (bicyclic) bond motifs is 1. The van der Waals surface area contributed by atoms with Gasteiger partial charge in [0.2, 0.25) is 0 Å². The minimum Gasteiger partial charge on any atom is -0.361 e. The van der Waals surface area contributed by atoms with Crippen LogP contribution in [-0.2, 0) is 11.2 Å². The fourth-order valence-corrected chi connectivity index (χ4v) is 6.42. The average molecular weight is 800 g/mol. The number of urea groups is 4. The Morgan fingerprint density at radius 2 is 1.11 bits per heavy atom. The van der Waals surface area contributed by atoms with E-state index in [4.69, 9.17) is 11.5 Å².